The predicted molar refractivity (Wildman–Crippen MR) is 134 cm³/mol. The maximum atomic E-state index is 15.2. The van der Waals surface area contributed by atoms with Gasteiger partial charge < -0.3 is 9.47 Å². The fourth-order valence-corrected chi connectivity index (χ4v) is 5.07. The highest BCUT2D eigenvalue weighted by atomic mass is 19.1. The van der Waals surface area contributed by atoms with Crippen LogP contribution in [0.25, 0.3) is 22.2 Å². The summed E-state index contributed by atoms with van der Waals surface area (Å²) >= 11 is 0. The number of fused-ring (bicyclic) bond motifs is 1. The second-order valence-corrected chi connectivity index (χ2v) is 9.01. The molecule has 2 N–H and O–H groups in total. The topological polar surface area (TPSA) is 97.8 Å². The third-order valence-corrected chi connectivity index (χ3v) is 7.10. The summed E-state index contributed by atoms with van der Waals surface area (Å²) in [5.74, 6) is -2.89. The smallest absolute Gasteiger partial charge is 0.317 e. The van der Waals surface area contributed by atoms with E-state index in [1.165, 1.54) is 19.2 Å². The zero-order chi connectivity index (χ0) is 26.0. The van der Waals surface area contributed by atoms with Crippen molar-refractivity contribution in [3.63, 3.8) is 0 Å². The molecular formula is C29H25FN2O5. The maximum Gasteiger partial charge on any atom is 0.317 e. The first-order chi connectivity index (χ1) is 18.0. The molecule has 0 radical (unpaired) electrons. The minimum Gasteiger partial charge on any atom is -0.486 e. The van der Waals surface area contributed by atoms with Crippen LogP contribution in [0.15, 0.2) is 78.9 Å². The molecule has 0 saturated heterocycles. The third kappa shape index (κ3) is 4.29. The van der Waals surface area contributed by atoms with Crippen LogP contribution < -0.4 is 10.2 Å². The van der Waals surface area contributed by atoms with Crippen molar-refractivity contribution in [3.05, 3.63) is 95.8 Å². The highest BCUT2D eigenvalue weighted by Gasteiger charge is 2.58. The van der Waals surface area contributed by atoms with Gasteiger partial charge in [-0.05, 0) is 42.7 Å². The fraction of sp³-hybridized carbons (Fsp3) is 0.207. The summed E-state index contributed by atoms with van der Waals surface area (Å²) < 4.78 is 26.1. The van der Waals surface area contributed by atoms with Crippen LogP contribution >= 0.6 is 0 Å². The highest BCUT2D eigenvalue weighted by Crippen LogP contribution is 2.50. The van der Waals surface area contributed by atoms with Gasteiger partial charge in [-0.2, -0.15) is 0 Å². The number of carbonyl (C=O) groups is 2. The predicted octanol–water partition coefficient (Wildman–Crippen LogP) is 4.95. The summed E-state index contributed by atoms with van der Waals surface area (Å²) in [6, 6.07) is 23.6. The van der Waals surface area contributed by atoms with E-state index in [1.54, 1.807) is 11.5 Å². The van der Waals surface area contributed by atoms with Crippen LogP contribution in [0.3, 0.4) is 0 Å². The van der Waals surface area contributed by atoms with E-state index in [0.717, 1.165) is 27.7 Å². The molecule has 37 heavy (non-hydrogen) atoms. The Morgan fingerprint density at radius 1 is 1.08 bits per heavy atom. The number of benzene rings is 3. The van der Waals surface area contributed by atoms with Gasteiger partial charge in [0.05, 0.1) is 24.2 Å². The lowest BCUT2D eigenvalue weighted by molar-refractivity contribution is -0.162. The molecule has 1 amide bonds. The second kappa shape index (κ2) is 9.99. The average Bonchev–Trinajstić information content (AvgIpc) is 2.92. The number of halogens is 1. The SMILES string of the molecule is COC(=O)[C@@]1(c2ccc(OCc3cc(-c4ccccc4)nc4ccccc34)c(F)c2)CC[C@@H]1C(=O)NO. The summed E-state index contributed by atoms with van der Waals surface area (Å²) in [4.78, 5) is 29.6. The van der Waals surface area contributed by atoms with Crippen molar-refractivity contribution in [3.8, 4) is 17.0 Å². The number of hydrogen-bond donors (Lipinski definition) is 2. The Hall–Kier alpha value is -4.30. The van der Waals surface area contributed by atoms with E-state index < -0.39 is 29.0 Å². The van der Waals surface area contributed by atoms with Crippen LogP contribution in [-0.2, 0) is 26.3 Å². The van der Waals surface area contributed by atoms with E-state index in [1.807, 2.05) is 60.7 Å². The van der Waals surface area contributed by atoms with Gasteiger partial charge in [-0.25, -0.2) is 14.9 Å². The number of esters is 1. The number of hydroxylamine groups is 1. The van der Waals surface area contributed by atoms with Gasteiger partial charge in [0.2, 0.25) is 5.91 Å². The minimum absolute atomic E-state index is 0.00778. The summed E-state index contributed by atoms with van der Waals surface area (Å²) in [5.41, 5.74) is 3.91. The van der Waals surface area contributed by atoms with Crippen molar-refractivity contribution in [2.45, 2.75) is 24.9 Å². The normalized spacial score (nSPS) is 18.6. The molecule has 188 valence electrons. The van der Waals surface area contributed by atoms with Gasteiger partial charge in [-0.15, -0.1) is 0 Å². The van der Waals surface area contributed by atoms with E-state index in [2.05, 4.69) is 0 Å². The Morgan fingerprint density at radius 2 is 1.84 bits per heavy atom. The molecule has 1 heterocycles. The van der Waals surface area contributed by atoms with E-state index >= 15 is 4.39 Å². The lowest BCUT2D eigenvalue weighted by atomic mass is 9.56. The number of hydrogen-bond acceptors (Lipinski definition) is 6. The van der Waals surface area contributed by atoms with Crippen molar-refractivity contribution in [1.82, 2.24) is 10.5 Å². The molecule has 0 spiro atoms. The van der Waals surface area contributed by atoms with E-state index in [-0.39, 0.29) is 12.4 Å². The monoisotopic (exact) mass is 500 g/mol. The Labute approximate surface area is 212 Å². The molecule has 1 aliphatic carbocycles. The number of para-hydroxylation sites is 1. The van der Waals surface area contributed by atoms with Gasteiger partial charge in [0.15, 0.2) is 11.6 Å². The maximum absolute atomic E-state index is 15.2. The van der Waals surface area contributed by atoms with Crippen LogP contribution in [0.4, 0.5) is 4.39 Å². The molecule has 1 fully saturated rings. The largest absolute Gasteiger partial charge is 0.486 e. The first kappa shape index (κ1) is 24.4. The Balaban J connectivity index is 1.45. The first-order valence-corrected chi connectivity index (χ1v) is 11.9. The lowest BCUT2D eigenvalue weighted by Gasteiger charge is -2.45. The second-order valence-electron chi connectivity index (χ2n) is 9.01. The van der Waals surface area contributed by atoms with Crippen molar-refractivity contribution in [2.24, 2.45) is 5.92 Å². The number of amides is 1. The minimum atomic E-state index is -1.37. The first-order valence-electron chi connectivity index (χ1n) is 11.9. The van der Waals surface area contributed by atoms with Crippen molar-refractivity contribution < 1.29 is 28.7 Å². The number of nitrogens with one attached hydrogen (secondary N) is 1. The Morgan fingerprint density at radius 3 is 2.51 bits per heavy atom. The van der Waals surface area contributed by atoms with E-state index in [0.29, 0.717) is 18.4 Å². The van der Waals surface area contributed by atoms with E-state index in [4.69, 9.17) is 19.7 Å². The number of aromatic nitrogens is 1. The van der Waals surface area contributed by atoms with Gasteiger partial charge in [0, 0.05) is 16.5 Å². The number of pyridine rings is 1. The molecule has 1 aromatic heterocycles. The zero-order valence-electron chi connectivity index (χ0n) is 20.1. The van der Waals surface area contributed by atoms with Gasteiger partial charge >= 0.3 is 5.97 Å². The number of methoxy groups -OCH3 is 1. The van der Waals surface area contributed by atoms with Crippen molar-refractivity contribution >= 4 is 22.8 Å². The summed E-state index contributed by atoms with van der Waals surface area (Å²) in [6.07, 6.45) is 0.656. The summed E-state index contributed by atoms with van der Waals surface area (Å²) in [7, 11) is 1.22. The number of carbonyl (C=O) groups excluding carboxylic acids is 2. The molecule has 2 atom stereocenters. The molecule has 1 aliphatic rings. The number of rotatable bonds is 7. The molecule has 4 aromatic rings. The average molecular weight is 501 g/mol. The van der Waals surface area contributed by atoms with Crippen molar-refractivity contribution in [1.29, 1.82) is 0 Å². The Kier molecular flexibility index (Phi) is 6.58. The number of ether oxygens (including phenoxy) is 2. The van der Waals surface area contributed by atoms with Crippen LogP contribution in [0.1, 0.15) is 24.0 Å². The van der Waals surface area contributed by atoms with Gasteiger partial charge in [0.1, 0.15) is 12.0 Å². The van der Waals surface area contributed by atoms with Crippen LogP contribution in [0.5, 0.6) is 5.75 Å². The molecular weight excluding hydrogens is 475 g/mol. The summed E-state index contributed by atoms with van der Waals surface area (Å²) in [6.45, 7) is 0.0941. The van der Waals surface area contributed by atoms with Gasteiger partial charge in [-0.3, -0.25) is 14.8 Å². The zero-order valence-corrected chi connectivity index (χ0v) is 20.1. The quantitative estimate of drug-likeness (QED) is 0.212. The van der Waals surface area contributed by atoms with Gasteiger partial charge in [-0.1, -0.05) is 54.6 Å². The third-order valence-electron chi connectivity index (χ3n) is 7.10. The number of nitrogens with zero attached hydrogens (tertiary/aromatic N) is 1. The molecule has 1 saturated carbocycles. The van der Waals surface area contributed by atoms with Crippen LogP contribution in [0.2, 0.25) is 0 Å². The lowest BCUT2D eigenvalue weighted by Crippen LogP contribution is -2.56. The van der Waals surface area contributed by atoms with Gasteiger partial charge in [0.25, 0.3) is 0 Å². The molecule has 3 aromatic carbocycles. The fourth-order valence-electron chi connectivity index (χ4n) is 5.07. The molecule has 0 aliphatic heterocycles. The molecule has 0 unspecified atom stereocenters. The molecule has 8 heteroatoms. The van der Waals surface area contributed by atoms with Crippen LogP contribution in [-0.4, -0.2) is 29.2 Å². The van der Waals surface area contributed by atoms with Crippen molar-refractivity contribution in [2.75, 3.05) is 7.11 Å². The standard InChI is InChI=1S/C29H25FN2O5/c1-36-28(34)29(14-13-22(29)27(33)32-35)20-11-12-26(23(30)16-20)37-17-19-15-25(18-7-3-2-4-8-18)31-24-10-6-5-9-21(19)24/h2-12,15-16,22,35H,13-14,17H2,1H3,(H,32,33)/t22-,29-/m1/s1. The summed E-state index contributed by atoms with van der Waals surface area (Å²) in [5, 5.41) is 10.00. The Bertz CT molecular complexity index is 1480. The highest BCUT2D eigenvalue weighted by molar-refractivity contribution is 5.94. The van der Waals surface area contributed by atoms with Crippen LogP contribution in [0, 0.1) is 11.7 Å². The molecule has 5 rings (SSSR count). The molecule has 0 bridgehead atoms. The van der Waals surface area contributed by atoms with E-state index in [9.17, 15) is 9.59 Å². The molecule has 7 nitrogen and oxygen atoms in total.